The molecule has 1 aromatic heterocycles. The summed E-state index contributed by atoms with van der Waals surface area (Å²) < 4.78 is 10.3. The Morgan fingerprint density at radius 3 is 2.67 bits per heavy atom. The molecular weight excluding hydrogens is 270 g/mol. The predicted molar refractivity (Wildman–Crippen MR) is 82.8 cm³/mol. The molecular formula is C15H25N3O3. The van der Waals surface area contributed by atoms with E-state index in [0.29, 0.717) is 31.1 Å². The van der Waals surface area contributed by atoms with E-state index in [1.807, 2.05) is 13.8 Å². The number of aromatic nitrogens is 1. The Hall–Kier alpha value is -1.66. The minimum absolute atomic E-state index is 0.0239. The van der Waals surface area contributed by atoms with Gasteiger partial charge >= 0.3 is 0 Å². The van der Waals surface area contributed by atoms with Crippen LogP contribution in [0.5, 0.6) is 0 Å². The summed E-state index contributed by atoms with van der Waals surface area (Å²) in [6, 6.07) is 3.53. The highest BCUT2D eigenvalue weighted by Crippen LogP contribution is 2.14. The van der Waals surface area contributed by atoms with E-state index in [0.717, 1.165) is 5.69 Å². The van der Waals surface area contributed by atoms with E-state index in [9.17, 15) is 4.79 Å². The normalized spacial score (nSPS) is 12.0. The molecule has 0 saturated heterocycles. The van der Waals surface area contributed by atoms with Crippen LogP contribution >= 0.6 is 0 Å². The van der Waals surface area contributed by atoms with Gasteiger partial charge in [0.25, 0.3) is 5.91 Å². The van der Waals surface area contributed by atoms with E-state index >= 15 is 0 Å². The average molecular weight is 295 g/mol. The zero-order chi connectivity index (χ0) is 15.8. The van der Waals surface area contributed by atoms with Crippen molar-refractivity contribution in [2.45, 2.75) is 19.9 Å². The number of ether oxygens (including phenoxy) is 2. The lowest BCUT2D eigenvalue weighted by molar-refractivity contribution is 0.0479. The van der Waals surface area contributed by atoms with E-state index in [1.165, 1.54) is 0 Å². The van der Waals surface area contributed by atoms with E-state index in [2.05, 4.69) is 10.3 Å². The van der Waals surface area contributed by atoms with Crippen molar-refractivity contribution in [1.29, 1.82) is 0 Å². The van der Waals surface area contributed by atoms with Crippen LogP contribution in [0, 0.1) is 6.92 Å². The van der Waals surface area contributed by atoms with E-state index < -0.39 is 0 Å². The lowest BCUT2D eigenvalue weighted by Gasteiger charge is -2.29. The first-order chi connectivity index (χ1) is 10.0. The standard InChI is InChI=1S/C15H25N3O3/c1-11-8-13(9-14(16-3)17-11)15(19)18(6-7-20-4)12(2)10-21-5/h8-9,12H,6-7,10H2,1-5H3,(H,16,17). The number of rotatable bonds is 8. The summed E-state index contributed by atoms with van der Waals surface area (Å²) in [4.78, 5) is 18.8. The second-order valence-corrected chi connectivity index (χ2v) is 4.93. The maximum absolute atomic E-state index is 12.7. The SMILES string of the molecule is CNc1cc(C(=O)N(CCOC)C(C)COC)cc(C)n1. The van der Waals surface area contributed by atoms with Crippen LogP contribution in [0.2, 0.25) is 0 Å². The Bertz CT molecular complexity index is 465. The molecule has 0 fully saturated rings. The van der Waals surface area contributed by atoms with Crippen LogP contribution < -0.4 is 5.32 Å². The molecule has 0 aliphatic rings. The topological polar surface area (TPSA) is 63.7 Å². The first kappa shape index (κ1) is 17.4. The maximum Gasteiger partial charge on any atom is 0.254 e. The molecule has 1 N–H and O–H groups in total. The molecule has 1 amide bonds. The highest BCUT2D eigenvalue weighted by molar-refractivity contribution is 5.95. The van der Waals surface area contributed by atoms with Crippen LogP contribution in [0.25, 0.3) is 0 Å². The number of carbonyl (C=O) groups is 1. The van der Waals surface area contributed by atoms with Gasteiger partial charge in [0.15, 0.2) is 0 Å². The van der Waals surface area contributed by atoms with Gasteiger partial charge in [-0.15, -0.1) is 0 Å². The highest BCUT2D eigenvalue weighted by Gasteiger charge is 2.22. The van der Waals surface area contributed by atoms with E-state index in [1.54, 1.807) is 38.3 Å². The average Bonchev–Trinajstić information content (AvgIpc) is 2.47. The number of hydrogen-bond donors (Lipinski definition) is 1. The number of carbonyl (C=O) groups excluding carboxylic acids is 1. The van der Waals surface area contributed by atoms with Gasteiger partial charge in [0.05, 0.1) is 19.3 Å². The summed E-state index contributed by atoms with van der Waals surface area (Å²) in [5.41, 5.74) is 1.42. The van der Waals surface area contributed by atoms with Crippen molar-refractivity contribution in [2.75, 3.05) is 46.3 Å². The molecule has 1 unspecified atom stereocenters. The summed E-state index contributed by atoms with van der Waals surface area (Å²) in [7, 11) is 5.04. The molecule has 1 rings (SSSR count). The third-order valence-electron chi connectivity index (χ3n) is 3.19. The lowest BCUT2D eigenvalue weighted by Crippen LogP contribution is -2.43. The summed E-state index contributed by atoms with van der Waals surface area (Å²) in [5.74, 6) is 0.642. The molecule has 0 aliphatic carbocycles. The van der Waals surface area contributed by atoms with E-state index in [4.69, 9.17) is 9.47 Å². The molecule has 0 saturated carbocycles. The van der Waals surface area contributed by atoms with Gasteiger partial charge in [-0.2, -0.15) is 0 Å². The molecule has 6 nitrogen and oxygen atoms in total. The van der Waals surface area contributed by atoms with Crippen LogP contribution in [0.1, 0.15) is 23.0 Å². The quantitative estimate of drug-likeness (QED) is 0.788. The number of amides is 1. The molecule has 0 radical (unpaired) electrons. The van der Waals surface area contributed by atoms with Gasteiger partial charge < -0.3 is 19.7 Å². The molecule has 1 heterocycles. The lowest BCUT2D eigenvalue weighted by atomic mass is 10.1. The molecule has 21 heavy (non-hydrogen) atoms. The molecule has 6 heteroatoms. The minimum Gasteiger partial charge on any atom is -0.383 e. The second-order valence-electron chi connectivity index (χ2n) is 4.93. The molecule has 1 aromatic rings. The second kappa shape index (κ2) is 8.59. The van der Waals surface area contributed by atoms with Crippen LogP contribution in [0.4, 0.5) is 5.82 Å². The van der Waals surface area contributed by atoms with Gasteiger partial charge in [-0.3, -0.25) is 4.79 Å². The van der Waals surface area contributed by atoms with Gasteiger partial charge in [0.1, 0.15) is 5.82 Å². The smallest absolute Gasteiger partial charge is 0.254 e. The third-order valence-corrected chi connectivity index (χ3v) is 3.19. The zero-order valence-electron chi connectivity index (χ0n) is 13.5. The Morgan fingerprint density at radius 1 is 1.38 bits per heavy atom. The number of nitrogens with one attached hydrogen (secondary N) is 1. The fraction of sp³-hybridized carbons (Fsp3) is 0.600. The predicted octanol–water partition coefficient (Wildman–Crippen LogP) is 1.56. The number of pyridine rings is 1. The van der Waals surface area contributed by atoms with Crippen LogP contribution in [0.15, 0.2) is 12.1 Å². The first-order valence-corrected chi connectivity index (χ1v) is 6.98. The Kier molecular flexibility index (Phi) is 7.11. The van der Waals surface area contributed by atoms with Crippen molar-refractivity contribution in [3.8, 4) is 0 Å². The number of nitrogens with zero attached hydrogens (tertiary/aromatic N) is 2. The van der Waals surface area contributed by atoms with Crippen molar-refractivity contribution in [2.24, 2.45) is 0 Å². The van der Waals surface area contributed by atoms with Gasteiger partial charge in [-0.05, 0) is 26.0 Å². The molecule has 0 aromatic carbocycles. The monoisotopic (exact) mass is 295 g/mol. The van der Waals surface area contributed by atoms with Gasteiger partial charge in [0, 0.05) is 39.1 Å². The minimum atomic E-state index is -0.0430. The molecule has 0 spiro atoms. The van der Waals surface area contributed by atoms with Gasteiger partial charge in [-0.25, -0.2) is 4.98 Å². The Balaban J connectivity index is 3.00. The third kappa shape index (κ3) is 4.99. The molecule has 118 valence electrons. The fourth-order valence-electron chi connectivity index (χ4n) is 2.13. The van der Waals surface area contributed by atoms with Crippen molar-refractivity contribution in [1.82, 2.24) is 9.88 Å². The van der Waals surface area contributed by atoms with Crippen molar-refractivity contribution in [3.63, 3.8) is 0 Å². The summed E-state index contributed by atoms with van der Waals surface area (Å²) in [5, 5.41) is 2.97. The largest absolute Gasteiger partial charge is 0.383 e. The molecule has 0 bridgehead atoms. The van der Waals surface area contributed by atoms with Gasteiger partial charge in [0.2, 0.25) is 0 Å². The first-order valence-electron chi connectivity index (χ1n) is 6.98. The molecule has 0 aliphatic heterocycles. The maximum atomic E-state index is 12.7. The zero-order valence-corrected chi connectivity index (χ0v) is 13.5. The van der Waals surface area contributed by atoms with E-state index in [-0.39, 0.29) is 11.9 Å². The fourth-order valence-corrected chi connectivity index (χ4v) is 2.13. The van der Waals surface area contributed by atoms with Crippen molar-refractivity contribution < 1.29 is 14.3 Å². The van der Waals surface area contributed by atoms with Crippen LogP contribution in [-0.4, -0.2) is 62.9 Å². The van der Waals surface area contributed by atoms with Gasteiger partial charge in [-0.1, -0.05) is 0 Å². The highest BCUT2D eigenvalue weighted by atomic mass is 16.5. The summed E-state index contributed by atoms with van der Waals surface area (Å²) in [6.07, 6.45) is 0. The van der Waals surface area contributed by atoms with Crippen LogP contribution in [0.3, 0.4) is 0 Å². The Morgan fingerprint density at radius 2 is 2.10 bits per heavy atom. The number of hydrogen-bond acceptors (Lipinski definition) is 5. The van der Waals surface area contributed by atoms with Crippen LogP contribution in [-0.2, 0) is 9.47 Å². The number of methoxy groups -OCH3 is 2. The number of anilines is 1. The number of aryl methyl sites for hydroxylation is 1. The molecule has 1 atom stereocenters. The van der Waals surface area contributed by atoms with Crippen molar-refractivity contribution in [3.05, 3.63) is 23.4 Å². The Labute approximate surface area is 126 Å². The summed E-state index contributed by atoms with van der Waals surface area (Å²) in [6.45, 7) is 5.33. The van der Waals surface area contributed by atoms with Crippen molar-refractivity contribution >= 4 is 11.7 Å². The summed E-state index contributed by atoms with van der Waals surface area (Å²) >= 11 is 0.